The second kappa shape index (κ2) is 6.49. The number of aromatic amines is 1. The van der Waals surface area contributed by atoms with E-state index >= 15 is 0 Å². The van der Waals surface area contributed by atoms with E-state index in [2.05, 4.69) is 15.4 Å². The Labute approximate surface area is 137 Å². The van der Waals surface area contributed by atoms with Crippen molar-refractivity contribution < 1.29 is 9.18 Å². The highest BCUT2D eigenvalue weighted by Gasteiger charge is 2.10. The van der Waals surface area contributed by atoms with Crippen molar-refractivity contribution in [1.82, 2.24) is 14.8 Å². The number of carbonyl (C=O) groups is 1. The molecule has 6 nitrogen and oxygen atoms in total. The Morgan fingerprint density at radius 2 is 2.08 bits per heavy atom. The van der Waals surface area contributed by atoms with E-state index in [0.29, 0.717) is 12.2 Å². The molecule has 2 heterocycles. The number of aromatic nitrogens is 3. The van der Waals surface area contributed by atoms with Gasteiger partial charge in [-0.15, -0.1) is 0 Å². The average Bonchev–Trinajstić information content (AvgIpc) is 2.89. The van der Waals surface area contributed by atoms with Gasteiger partial charge in [0, 0.05) is 19.3 Å². The lowest BCUT2D eigenvalue weighted by Gasteiger charge is -2.05. The minimum absolute atomic E-state index is 0.160. The lowest BCUT2D eigenvalue weighted by Crippen LogP contribution is -2.14. The molecule has 0 aliphatic heterocycles. The van der Waals surface area contributed by atoms with Crippen LogP contribution in [0.15, 0.2) is 53.5 Å². The zero-order valence-electron chi connectivity index (χ0n) is 12.9. The number of hydrogen-bond acceptors (Lipinski definition) is 3. The lowest BCUT2D eigenvalue weighted by atomic mass is 10.1. The van der Waals surface area contributed by atoms with Crippen molar-refractivity contribution in [2.24, 2.45) is 7.05 Å². The van der Waals surface area contributed by atoms with Crippen LogP contribution in [0.5, 0.6) is 0 Å². The summed E-state index contributed by atoms with van der Waals surface area (Å²) >= 11 is 0. The van der Waals surface area contributed by atoms with Crippen LogP contribution in [0.3, 0.4) is 0 Å². The molecule has 0 aliphatic carbocycles. The molecule has 2 aromatic heterocycles. The van der Waals surface area contributed by atoms with E-state index in [0.717, 1.165) is 11.1 Å². The number of rotatable bonds is 4. The summed E-state index contributed by atoms with van der Waals surface area (Å²) in [4.78, 5) is 27.5. The van der Waals surface area contributed by atoms with Gasteiger partial charge >= 0.3 is 0 Å². The normalized spacial score (nSPS) is 10.6. The third kappa shape index (κ3) is 3.57. The van der Waals surface area contributed by atoms with Crippen LogP contribution in [0.25, 0.3) is 0 Å². The fraction of sp³-hybridized carbons (Fsp3) is 0.118. The second-order valence-electron chi connectivity index (χ2n) is 5.38. The number of pyridine rings is 1. The molecule has 3 aromatic rings. The molecule has 0 fully saturated rings. The van der Waals surface area contributed by atoms with E-state index in [1.165, 1.54) is 29.9 Å². The minimum Gasteiger partial charge on any atom is -0.305 e. The standard InChI is InChI=1S/C17H15FN4O2/c1-22-16(23)9-14(21-22)17(24)20-15-6-5-12(10-19-15)7-11-3-2-4-13(18)8-11/h2-6,8-10,21H,7H2,1H3,(H,19,20,24). The van der Waals surface area contributed by atoms with Crippen molar-refractivity contribution in [2.45, 2.75) is 6.42 Å². The van der Waals surface area contributed by atoms with Gasteiger partial charge in [0.1, 0.15) is 17.3 Å². The van der Waals surface area contributed by atoms with Crippen molar-refractivity contribution in [1.29, 1.82) is 0 Å². The highest BCUT2D eigenvalue weighted by Crippen LogP contribution is 2.12. The summed E-state index contributed by atoms with van der Waals surface area (Å²) in [6.07, 6.45) is 2.17. The van der Waals surface area contributed by atoms with Crippen LogP contribution >= 0.6 is 0 Å². The van der Waals surface area contributed by atoms with Crippen LogP contribution in [0.4, 0.5) is 10.2 Å². The summed E-state index contributed by atoms with van der Waals surface area (Å²) in [5.41, 5.74) is 1.61. The van der Waals surface area contributed by atoms with Gasteiger partial charge in [0.15, 0.2) is 0 Å². The smallest absolute Gasteiger partial charge is 0.274 e. The molecule has 1 amide bonds. The predicted octanol–water partition coefficient (Wildman–Crippen LogP) is 2.09. The number of nitrogens with one attached hydrogen (secondary N) is 2. The maximum Gasteiger partial charge on any atom is 0.274 e. The van der Waals surface area contributed by atoms with Gasteiger partial charge in [0.25, 0.3) is 11.5 Å². The first-order chi connectivity index (χ1) is 11.5. The van der Waals surface area contributed by atoms with Gasteiger partial charge in [0.05, 0.1) is 0 Å². The molecule has 1 aromatic carbocycles. The Morgan fingerprint density at radius 3 is 2.71 bits per heavy atom. The van der Waals surface area contributed by atoms with Gasteiger partial charge in [-0.1, -0.05) is 18.2 Å². The van der Waals surface area contributed by atoms with E-state index in [-0.39, 0.29) is 17.1 Å². The van der Waals surface area contributed by atoms with Gasteiger partial charge in [0.2, 0.25) is 0 Å². The molecular formula is C17H15FN4O2. The number of hydrogen-bond donors (Lipinski definition) is 2. The number of carbonyl (C=O) groups excluding carboxylic acids is 1. The van der Waals surface area contributed by atoms with Crippen LogP contribution in [0.1, 0.15) is 21.6 Å². The van der Waals surface area contributed by atoms with Gasteiger partial charge in [-0.25, -0.2) is 9.37 Å². The Morgan fingerprint density at radius 1 is 1.25 bits per heavy atom. The van der Waals surface area contributed by atoms with Crippen molar-refractivity contribution in [3.63, 3.8) is 0 Å². The molecular weight excluding hydrogens is 311 g/mol. The first-order valence-corrected chi connectivity index (χ1v) is 7.28. The molecule has 2 N–H and O–H groups in total. The molecule has 7 heteroatoms. The first-order valence-electron chi connectivity index (χ1n) is 7.28. The van der Waals surface area contributed by atoms with E-state index < -0.39 is 5.91 Å². The predicted molar refractivity (Wildman–Crippen MR) is 87.4 cm³/mol. The van der Waals surface area contributed by atoms with Crippen LogP contribution in [0, 0.1) is 5.82 Å². The number of benzene rings is 1. The summed E-state index contributed by atoms with van der Waals surface area (Å²) in [5, 5.41) is 5.25. The first kappa shape index (κ1) is 15.7. The quantitative estimate of drug-likeness (QED) is 0.770. The number of anilines is 1. The number of aryl methyl sites for hydroxylation is 1. The minimum atomic E-state index is -0.446. The molecule has 24 heavy (non-hydrogen) atoms. The molecule has 0 saturated heterocycles. The van der Waals surface area contributed by atoms with E-state index in [9.17, 15) is 14.0 Å². The zero-order chi connectivity index (χ0) is 17.1. The maximum atomic E-state index is 13.2. The van der Waals surface area contributed by atoms with E-state index in [1.807, 2.05) is 6.07 Å². The lowest BCUT2D eigenvalue weighted by molar-refractivity contribution is 0.102. The molecule has 0 bridgehead atoms. The van der Waals surface area contributed by atoms with Gasteiger partial charge in [-0.05, 0) is 35.7 Å². The van der Waals surface area contributed by atoms with E-state index in [4.69, 9.17) is 0 Å². The SMILES string of the molecule is Cn1[nH]c(C(=O)Nc2ccc(Cc3cccc(F)c3)cn2)cc1=O. The van der Waals surface area contributed by atoms with Crippen LogP contribution in [-0.4, -0.2) is 20.7 Å². The third-order valence-electron chi connectivity index (χ3n) is 3.49. The summed E-state index contributed by atoms with van der Waals surface area (Å²) in [5.74, 6) is -0.355. The Balaban J connectivity index is 1.68. The molecule has 0 unspecified atom stereocenters. The Bertz CT molecular complexity index is 928. The molecule has 0 radical (unpaired) electrons. The van der Waals surface area contributed by atoms with Crippen LogP contribution in [-0.2, 0) is 13.5 Å². The molecule has 3 rings (SSSR count). The second-order valence-corrected chi connectivity index (χ2v) is 5.38. The van der Waals surface area contributed by atoms with Crippen LogP contribution < -0.4 is 10.9 Å². The fourth-order valence-corrected chi connectivity index (χ4v) is 2.27. The number of H-pyrrole nitrogens is 1. The highest BCUT2D eigenvalue weighted by molar-refractivity contribution is 6.02. The summed E-state index contributed by atoms with van der Waals surface area (Å²) in [7, 11) is 1.53. The molecule has 0 saturated carbocycles. The Kier molecular flexibility index (Phi) is 4.24. The molecule has 0 aliphatic rings. The van der Waals surface area contributed by atoms with Gasteiger partial charge < -0.3 is 5.32 Å². The summed E-state index contributed by atoms with van der Waals surface area (Å²) in [6.45, 7) is 0. The largest absolute Gasteiger partial charge is 0.305 e. The van der Waals surface area contributed by atoms with Gasteiger partial charge in [-0.2, -0.15) is 0 Å². The van der Waals surface area contributed by atoms with Crippen LogP contribution in [0.2, 0.25) is 0 Å². The summed E-state index contributed by atoms with van der Waals surface area (Å²) in [6, 6.07) is 11.1. The molecule has 0 spiro atoms. The highest BCUT2D eigenvalue weighted by atomic mass is 19.1. The third-order valence-corrected chi connectivity index (χ3v) is 3.49. The summed E-state index contributed by atoms with van der Waals surface area (Å²) < 4.78 is 14.4. The molecule has 0 atom stereocenters. The van der Waals surface area contributed by atoms with Crippen molar-refractivity contribution >= 4 is 11.7 Å². The monoisotopic (exact) mass is 326 g/mol. The zero-order valence-corrected chi connectivity index (χ0v) is 12.9. The Hall–Kier alpha value is -3.22. The van der Waals surface area contributed by atoms with E-state index in [1.54, 1.807) is 24.4 Å². The topological polar surface area (TPSA) is 79.8 Å². The maximum absolute atomic E-state index is 13.2. The van der Waals surface area contributed by atoms with Crippen molar-refractivity contribution in [3.05, 3.63) is 81.7 Å². The molecule has 122 valence electrons. The fourth-order valence-electron chi connectivity index (χ4n) is 2.27. The van der Waals surface area contributed by atoms with Crippen molar-refractivity contribution in [2.75, 3.05) is 5.32 Å². The number of amides is 1. The van der Waals surface area contributed by atoms with Crippen molar-refractivity contribution in [3.8, 4) is 0 Å². The number of nitrogens with zero attached hydrogens (tertiary/aromatic N) is 2. The number of halogens is 1. The average molecular weight is 326 g/mol. The van der Waals surface area contributed by atoms with Gasteiger partial charge in [-0.3, -0.25) is 19.4 Å².